The van der Waals surface area contributed by atoms with E-state index in [9.17, 15) is 19.5 Å². The highest BCUT2D eigenvalue weighted by atomic mass is 16.7. The molecule has 0 spiro atoms. The van der Waals surface area contributed by atoms with Gasteiger partial charge in [-0.2, -0.15) is 0 Å². The van der Waals surface area contributed by atoms with E-state index < -0.39 is 24.3 Å². The van der Waals surface area contributed by atoms with Crippen molar-refractivity contribution in [3.8, 4) is 0 Å². The van der Waals surface area contributed by atoms with Crippen molar-refractivity contribution in [2.45, 2.75) is 193 Å². The molecule has 9 heteroatoms. The van der Waals surface area contributed by atoms with Gasteiger partial charge in [-0.15, -0.1) is 0 Å². The summed E-state index contributed by atoms with van der Waals surface area (Å²) in [5, 5.41) is 9.61. The van der Waals surface area contributed by atoms with E-state index in [1.807, 2.05) is 21.1 Å². The molecular weight excluding hydrogens is 743 g/mol. The Kier molecular flexibility index (Phi) is 39.6. The van der Waals surface area contributed by atoms with Crippen LogP contribution < -0.4 is 0 Å². The molecule has 0 aliphatic heterocycles. The molecule has 0 aliphatic carbocycles. The minimum absolute atomic E-state index is 0.184. The number of rotatable bonds is 42. The average molecular weight is 831 g/mol. The molecule has 1 N–H and O–H groups in total. The molecule has 9 nitrogen and oxygen atoms in total. The van der Waals surface area contributed by atoms with E-state index in [0.717, 1.165) is 70.6 Å². The summed E-state index contributed by atoms with van der Waals surface area (Å²) in [7, 11) is 5.94. The monoisotopic (exact) mass is 831 g/mol. The normalized spacial score (nSPS) is 13.4. The standard InChI is InChI=1S/C50H87NO8/c1-6-8-10-12-14-15-16-17-18-19-20-21-22-23-24-25-26-27-28-29-30-31-32-33-35-37-39-41-48(53)59-46(44-57-47(52)40-38-36-34-13-11-9-7-2)45-58-50(49(54)55)56-43-42-51(3,4)5/h8,10,14-15,17-18,20-21,23-24,46,50H,6-7,9,11-13,16,19,22,25-45H2,1-5H3/p+1/b10-8-,15-14-,18-17-,21-20-,24-23-. The second-order valence-corrected chi connectivity index (χ2v) is 16.7. The lowest BCUT2D eigenvalue weighted by atomic mass is 10.0. The van der Waals surface area contributed by atoms with Crippen LogP contribution in [0.5, 0.6) is 0 Å². The summed E-state index contributed by atoms with van der Waals surface area (Å²) < 4.78 is 22.6. The van der Waals surface area contributed by atoms with Crippen LogP contribution in [0.2, 0.25) is 0 Å². The second kappa shape index (κ2) is 41.7. The number of hydrogen-bond acceptors (Lipinski definition) is 7. The molecule has 0 aromatic rings. The van der Waals surface area contributed by atoms with Gasteiger partial charge in [-0.3, -0.25) is 9.59 Å². The number of likely N-dealkylation sites (N-methyl/N-ethyl adjacent to an activating group) is 1. The number of carbonyl (C=O) groups excluding carboxylic acids is 2. The van der Waals surface area contributed by atoms with Gasteiger partial charge in [0, 0.05) is 12.8 Å². The minimum Gasteiger partial charge on any atom is -0.477 e. The van der Waals surface area contributed by atoms with Crippen molar-refractivity contribution in [3.05, 3.63) is 60.8 Å². The first kappa shape index (κ1) is 56.0. The topological polar surface area (TPSA) is 108 Å². The summed E-state index contributed by atoms with van der Waals surface area (Å²) in [5.41, 5.74) is 0. The molecule has 0 radical (unpaired) electrons. The quantitative estimate of drug-likeness (QED) is 0.0213. The van der Waals surface area contributed by atoms with E-state index in [0.29, 0.717) is 23.9 Å². The number of carboxylic acid groups (broad SMARTS) is 1. The van der Waals surface area contributed by atoms with Crippen LogP contribution in [0.3, 0.4) is 0 Å². The van der Waals surface area contributed by atoms with Gasteiger partial charge in [0.15, 0.2) is 6.10 Å². The molecule has 2 atom stereocenters. The van der Waals surface area contributed by atoms with Crippen molar-refractivity contribution < 1.29 is 42.9 Å². The smallest absolute Gasteiger partial charge is 0.361 e. The van der Waals surface area contributed by atoms with Gasteiger partial charge in [-0.05, 0) is 57.8 Å². The molecule has 0 bridgehead atoms. The van der Waals surface area contributed by atoms with E-state index in [-0.39, 0.29) is 32.2 Å². The highest BCUT2D eigenvalue weighted by molar-refractivity contribution is 5.71. The Morgan fingerprint density at radius 3 is 1.44 bits per heavy atom. The molecule has 0 aromatic heterocycles. The van der Waals surface area contributed by atoms with Crippen LogP contribution >= 0.6 is 0 Å². The lowest BCUT2D eigenvalue weighted by Crippen LogP contribution is -2.40. The number of hydrogen-bond donors (Lipinski definition) is 1. The van der Waals surface area contributed by atoms with E-state index >= 15 is 0 Å². The van der Waals surface area contributed by atoms with Gasteiger partial charge in [0.1, 0.15) is 13.2 Å². The van der Waals surface area contributed by atoms with Crippen LogP contribution in [0.4, 0.5) is 0 Å². The zero-order valence-corrected chi connectivity index (χ0v) is 38.4. The maximum Gasteiger partial charge on any atom is 0.361 e. The fourth-order valence-electron chi connectivity index (χ4n) is 6.16. The fourth-order valence-corrected chi connectivity index (χ4v) is 6.16. The van der Waals surface area contributed by atoms with Crippen molar-refractivity contribution in [1.29, 1.82) is 0 Å². The molecule has 0 amide bonds. The third-order valence-electron chi connectivity index (χ3n) is 9.79. The highest BCUT2D eigenvalue weighted by Crippen LogP contribution is 2.14. The average Bonchev–Trinajstić information content (AvgIpc) is 3.19. The zero-order chi connectivity index (χ0) is 43.5. The Morgan fingerprint density at radius 1 is 0.525 bits per heavy atom. The van der Waals surface area contributed by atoms with E-state index in [4.69, 9.17) is 18.9 Å². The number of unbranched alkanes of at least 4 members (excludes halogenated alkanes) is 17. The molecule has 0 rings (SSSR count). The number of esters is 2. The molecule has 2 unspecified atom stereocenters. The van der Waals surface area contributed by atoms with E-state index in [1.165, 1.54) is 77.0 Å². The molecule has 0 saturated carbocycles. The van der Waals surface area contributed by atoms with Crippen LogP contribution in [0.15, 0.2) is 60.8 Å². The SMILES string of the molecule is CC/C=C\C/C=C\C/C=C\C/C=C\C/C=C\CCCCCCCCCCCCCC(=O)OC(COC(=O)CCCCCCCCC)COC(OCC[N+](C)(C)C)C(=O)O. The van der Waals surface area contributed by atoms with Crippen LogP contribution in [0.1, 0.15) is 181 Å². The van der Waals surface area contributed by atoms with Gasteiger partial charge in [0.2, 0.25) is 0 Å². The number of carbonyl (C=O) groups is 3. The minimum atomic E-state index is -1.51. The predicted molar refractivity (Wildman–Crippen MR) is 244 cm³/mol. The van der Waals surface area contributed by atoms with Crippen LogP contribution in [-0.2, 0) is 33.3 Å². The Hall–Kier alpha value is -3.01. The third kappa shape index (κ3) is 42.9. The molecule has 0 fully saturated rings. The van der Waals surface area contributed by atoms with Gasteiger partial charge >= 0.3 is 17.9 Å². The van der Waals surface area contributed by atoms with Gasteiger partial charge in [-0.1, -0.05) is 171 Å². The maximum atomic E-state index is 12.7. The first-order chi connectivity index (χ1) is 28.6. The summed E-state index contributed by atoms with van der Waals surface area (Å²) in [4.78, 5) is 36.9. The zero-order valence-electron chi connectivity index (χ0n) is 38.4. The first-order valence-corrected chi connectivity index (χ1v) is 23.5. The largest absolute Gasteiger partial charge is 0.477 e. The number of ether oxygens (including phenoxy) is 4. The third-order valence-corrected chi connectivity index (χ3v) is 9.79. The molecule has 0 aromatic carbocycles. The summed E-state index contributed by atoms with van der Waals surface area (Å²) >= 11 is 0. The fraction of sp³-hybridized carbons (Fsp3) is 0.740. The van der Waals surface area contributed by atoms with Gasteiger partial charge < -0.3 is 28.5 Å². The van der Waals surface area contributed by atoms with Crippen molar-refractivity contribution >= 4 is 17.9 Å². The van der Waals surface area contributed by atoms with Gasteiger partial charge in [-0.25, -0.2) is 4.79 Å². The van der Waals surface area contributed by atoms with Crippen molar-refractivity contribution in [3.63, 3.8) is 0 Å². The number of nitrogens with zero attached hydrogens (tertiary/aromatic N) is 1. The lowest BCUT2D eigenvalue weighted by molar-refractivity contribution is -0.870. The van der Waals surface area contributed by atoms with Crippen LogP contribution in [0, 0.1) is 0 Å². The molecular formula is C50H88NO8+. The van der Waals surface area contributed by atoms with E-state index in [1.54, 1.807) is 0 Å². The van der Waals surface area contributed by atoms with Crippen molar-refractivity contribution in [2.24, 2.45) is 0 Å². The first-order valence-electron chi connectivity index (χ1n) is 23.5. The number of allylic oxidation sites excluding steroid dienone is 10. The summed E-state index contributed by atoms with van der Waals surface area (Å²) in [6.07, 6.45) is 47.4. The summed E-state index contributed by atoms with van der Waals surface area (Å²) in [6, 6.07) is 0. The molecule has 0 aliphatic rings. The molecule has 0 saturated heterocycles. The number of aliphatic carboxylic acids is 1. The number of carboxylic acids is 1. The predicted octanol–water partition coefficient (Wildman–Crippen LogP) is 12.6. The Balaban J connectivity index is 4.19. The van der Waals surface area contributed by atoms with Crippen molar-refractivity contribution in [2.75, 3.05) is 47.5 Å². The van der Waals surface area contributed by atoms with Crippen LogP contribution in [0.25, 0.3) is 0 Å². The molecule has 340 valence electrons. The van der Waals surface area contributed by atoms with E-state index in [2.05, 4.69) is 74.6 Å². The maximum absolute atomic E-state index is 12.7. The van der Waals surface area contributed by atoms with Crippen LogP contribution in [-0.4, -0.2) is 87.4 Å². The second-order valence-electron chi connectivity index (χ2n) is 16.7. The van der Waals surface area contributed by atoms with Gasteiger partial charge in [0.25, 0.3) is 6.29 Å². The lowest BCUT2D eigenvalue weighted by Gasteiger charge is -2.25. The summed E-state index contributed by atoms with van der Waals surface area (Å²) in [5.74, 6) is -2.02. The van der Waals surface area contributed by atoms with Crippen molar-refractivity contribution in [1.82, 2.24) is 0 Å². The highest BCUT2D eigenvalue weighted by Gasteiger charge is 2.25. The molecule has 59 heavy (non-hydrogen) atoms. The Morgan fingerprint density at radius 2 is 0.966 bits per heavy atom. The number of quaternary nitrogens is 1. The Labute approximate surface area is 361 Å². The molecule has 0 heterocycles. The van der Waals surface area contributed by atoms with Gasteiger partial charge in [0.05, 0.1) is 34.4 Å². The Bertz CT molecular complexity index is 1150. The summed E-state index contributed by atoms with van der Waals surface area (Å²) in [6.45, 7) is 4.69.